The number of carbonyl (C=O) groups excluding carboxylic acids is 1. The summed E-state index contributed by atoms with van der Waals surface area (Å²) < 4.78 is 6.08. The van der Waals surface area contributed by atoms with Gasteiger partial charge in [-0.25, -0.2) is 0 Å². The van der Waals surface area contributed by atoms with Crippen molar-refractivity contribution in [2.45, 2.75) is 13.2 Å². The molecule has 0 spiro atoms. The lowest BCUT2D eigenvalue weighted by Crippen LogP contribution is -2.22. The number of nitrogens with one attached hydrogen (secondary N) is 1. The standard InChI is InChI=1S/C25H21NO2/c27-25(26-17-19-9-3-1-4-10-19)22-15-21-13-7-8-14-23(21)24(16-22)28-18-20-11-5-2-6-12-20/h1-16H,17-18H2,(H,26,27). The number of carbonyl (C=O) groups is 1. The Labute approximate surface area is 164 Å². The van der Waals surface area contributed by atoms with E-state index in [0.717, 1.165) is 21.9 Å². The average molecular weight is 367 g/mol. The van der Waals surface area contributed by atoms with Crippen LogP contribution in [0.5, 0.6) is 5.75 Å². The second kappa shape index (κ2) is 8.40. The molecule has 4 aromatic carbocycles. The van der Waals surface area contributed by atoms with Crippen LogP contribution < -0.4 is 10.1 Å². The van der Waals surface area contributed by atoms with Gasteiger partial charge in [0, 0.05) is 17.5 Å². The number of ether oxygens (including phenoxy) is 1. The number of benzene rings is 4. The number of fused-ring (bicyclic) bond motifs is 1. The van der Waals surface area contributed by atoms with Crippen LogP contribution in [0.3, 0.4) is 0 Å². The van der Waals surface area contributed by atoms with Gasteiger partial charge >= 0.3 is 0 Å². The molecule has 3 nitrogen and oxygen atoms in total. The average Bonchev–Trinajstić information content (AvgIpc) is 2.77. The molecule has 0 saturated heterocycles. The van der Waals surface area contributed by atoms with Crippen molar-refractivity contribution in [3.63, 3.8) is 0 Å². The number of rotatable bonds is 6. The zero-order chi connectivity index (χ0) is 19.2. The quantitative estimate of drug-likeness (QED) is 0.499. The first kappa shape index (κ1) is 17.8. The third-order valence-corrected chi connectivity index (χ3v) is 4.62. The molecule has 3 heteroatoms. The van der Waals surface area contributed by atoms with Crippen molar-refractivity contribution in [1.29, 1.82) is 0 Å². The monoisotopic (exact) mass is 367 g/mol. The van der Waals surface area contributed by atoms with Gasteiger partial charge in [0.25, 0.3) is 5.91 Å². The molecule has 0 unspecified atom stereocenters. The lowest BCUT2D eigenvalue weighted by molar-refractivity contribution is 0.0950. The first-order valence-electron chi connectivity index (χ1n) is 9.31. The summed E-state index contributed by atoms with van der Waals surface area (Å²) in [4.78, 5) is 12.7. The van der Waals surface area contributed by atoms with Crippen LogP contribution in [0, 0.1) is 0 Å². The number of hydrogen-bond acceptors (Lipinski definition) is 2. The van der Waals surface area contributed by atoms with Crippen LogP contribution >= 0.6 is 0 Å². The molecule has 28 heavy (non-hydrogen) atoms. The summed E-state index contributed by atoms with van der Waals surface area (Å²) in [7, 11) is 0. The number of hydrogen-bond donors (Lipinski definition) is 1. The Morgan fingerprint density at radius 2 is 1.39 bits per heavy atom. The van der Waals surface area contributed by atoms with Gasteiger partial charge in [-0.2, -0.15) is 0 Å². The summed E-state index contributed by atoms with van der Waals surface area (Å²) in [5.74, 6) is 0.603. The molecule has 0 saturated carbocycles. The molecule has 0 aliphatic carbocycles. The van der Waals surface area contributed by atoms with Gasteiger partial charge in [0.05, 0.1) is 0 Å². The predicted molar refractivity (Wildman–Crippen MR) is 112 cm³/mol. The SMILES string of the molecule is O=C(NCc1ccccc1)c1cc(OCc2ccccc2)c2ccccc2c1. The van der Waals surface area contributed by atoms with Crippen molar-refractivity contribution in [2.24, 2.45) is 0 Å². The molecule has 0 aliphatic rings. The highest BCUT2D eigenvalue weighted by molar-refractivity contribution is 6.00. The maximum absolute atomic E-state index is 12.7. The largest absolute Gasteiger partial charge is 0.488 e. The zero-order valence-electron chi connectivity index (χ0n) is 15.5. The fraction of sp³-hybridized carbons (Fsp3) is 0.0800. The second-order valence-corrected chi connectivity index (χ2v) is 6.64. The van der Waals surface area contributed by atoms with Crippen molar-refractivity contribution < 1.29 is 9.53 Å². The Balaban J connectivity index is 1.57. The summed E-state index contributed by atoms with van der Waals surface area (Å²) in [5, 5.41) is 4.97. The molecule has 0 bridgehead atoms. The molecule has 4 aromatic rings. The Kier molecular flexibility index (Phi) is 5.34. The summed E-state index contributed by atoms with van der Waals surface area (Å²) in [6.45, 7) is 0.951. The Morgan fingerprint density at radius 3 is 2.14 bits per heavy atom. The molecule has 138 valence electrons. The van der Waals surface area contributed by atoms with E-state index in [1.54, 1.807) is 0 Å². The molecule has 4 rings (SSSR count). The van der Waals surface area contributed by atoms with Gasteiger partial charge in [-0.05, 0) is 28.6 Å². The summed E-state index contributed by atoms with van der Waals surface area (Å²) >= 11 is 0. The molecule has 0 aliphatic heterocycles. The Bertz CT molecular complexity index is 1080. The maximum Gasteiger partial charge on any atom is 0.251 e. The summed E-state index contributed by atoms with van der Waals surface area (Å²) in [6.07, 6.45) is 0. The third kappa shape index (κ3) is 4.21. The minimum Gasteiger partial charge on any atom is -0.488 e. The van der Waals surface area contributed by atoms with Crippen LogP contribution in [-0.2, 0) is 13.2 Å². The molecule has 1 N–H and O–H groups in total. The van der Waals surface area contributed by atoms with Gasteiger partial charge in [0.1, 0.15) is 12.4 Å². The van der Waals surface area contributed by atoms with Crippen LogP contribution in [0.15, 0.2) is 97.1 Å². The molecule has 0 heterocycles. The predicted octanol–water partition coefficient (Wildman–Crippen LogP) is 5.35. The van der Waals surface area contributed by atoms with Crippen molar-refractivity contribution >= 4 is 16.7 Å². The first-order chi connectivity index (χ1) is 13.8. The minimum atomic E-state index is -0.112. The molecule has 0 radical (unpaired) electrons. The van der Waals surface area contributed by atoms with E-state index in [0.29, 0.717) is 24.5 Å². The van der Waals surface area contributed by atoms with Gasteiger partial charge in [-0.1, -0.05) is 84.9 Å². The van der Waals surface area contributed by atoms with Crippen molar-refractivity contribution in [3.8, 4) is 5.75 Å². The van der Waals surface area contributed by atoms with E-state index < -0.39 is 0 Å². The Morgan fingerprint density at radius 1 is 0.750 bits per heavy atom. The second-order valence-electron chi connectivity index (χ2n) is 6.64. The smallest absolute Gasteiger partial charge is 0.251 e. The van der Waals surface area contributed by atoms with Crippen LogP contribution in [0.25, 0.3) is 10.8 Å². The Hall–Kier alpha value is -3.59. The van der Waals surface area contributed by atoms with Gasteiger partial charge in [0.2, 0.25) is 0 Å². The summed E-state index contributed by atoms with van der Waals surface area (Å²) in [5.41, 5.74) is 2.75. The molecular formula is C25H21NO2. The number of amides is 1. The lowest BCUT2D eigenvalue weighted by Gasteiger charge is -2.12. The fourth-order valence-electron chi connectivity index (χ4n) is 3.14. The molecular weight excluding hydrogens is 346 g/mol. The van der Waals surface area contributed by atoms with Gasteiger partial charge in [-0.3, -0.25) is 4.79 Å². The van der Waals surface area contributed by atoms with Gasteiger partial charge in [-0.15, -0.1) is 0 Å². The van der Waals surface area contributed by atoms with Crippen molar-refractivity contribution in [2.75, 3.05) is 0 Å². The van der Waals surface area contributed by atoms with E-state index >= 15 is 0 Å². The zero-order valence-corrected chi connectivity index (χ0v) is 15.5. The van der Waals surface area contributed by atoms with E-state index in [4.69, 9.17) is 4.74 Å². The van der Waals surface area contributed by atoms with E-state index in [-0.39, 0.29) is 5.91 Å². The first-order valence-corrected chi connectivity index (χ1v) is 9.31. The van der Waals surface area contributed by atoms with Crippen LogP contribution in [0.1, 0.15) is 21.5 Å². The van der Waals surface area contributed by atoms with E-state index in [9.17, 15) is 4.79 Å². The van der Waals surface area contributed by atoms with Crippen LogP contribution in [0.4, 0.5) is 0 Å². The topological polar surface area (TPSA) is 38.3 Å². The van der Waals surface area contributed by atoms with Crippen LogP contribution in [0.2, 0.25) is 0 Å². The van der Waals surface area contributed by atoms with Gasteiger partial charge < -0.3 is 10.1 Å². The van der Waals surface area contributed by atoms with Crippen molar-refractivity contribution in [3.05, 3.63) is 114 Å². The highest BCUT2D eigenvalue weighted by Crippen LogP contribution is 2.28. The van der Waals surface area contributed by atoms with E-state index in [2.05, 4.69) is 5.32 Å². The lowest BCUT2D eigenvalue weighted by atomic mass is 10.0. The minimum absolute atomic E-state index is 0.112. The van der Waals surface area contributed by atoms with Crippen molar-refractivity contribution in [1.82, 2.24) is 5.32 Å². The molecule has 0 aromatic heterocycles. The van der Waals surface area contributed by atoms with E-state index in [1.807, 2.05) is 97.1 Å². The summed E-state index contributed by atoms with van der Waals surface area (Å²) in [6, 6.07) is 31.6. The fourth-order valence-corrected chi connectivity index (χ4v) is 3.14. The van der Waals surface area contributed by atoms with Gasteiger partial charge in [0.15, 0.2) is 0 Å². The molecule has 0 fully saturated rings. The van der Waals surface area contributed by atoms with E-state index in [1.165, 1.54) is 0 Å². The molecule has 1 amide bonds. The highest BCUT2D eigenvalue weighted by Gasteiger charge is 2.11. The molecule has 0 atom stereocenters. The normalized spacial score (nSPS) is 10.6. The highest BCUT2D eigenvalue weighted by atomic mass is 16.5. The van der Waals surface area contributed by atoms with Crippen LogP contribution in [-0.4, -0.2) is 5.91 Å². The maximum atomic E-state index is 12.7. The third-order valence-electron chi connectivity index (χ3n) is 4.62.